The standard InChI is InChI=1S/C20H16F2N4O/c1-12-8-13-4-2-3-5-18(13)26(12)20(27)17-10-19(24-11-23-17)25-14-6-7-15(21)16(22)9-14/h2-7,9-12H,8H2,1H3,(H,23,24,25). The maximum atomic E-state index is 13.4. The number of aromatic nitrogens is 2. The van der Waals surface area contributed by atoms with Crippen LogP contribution in [0.3, 0.4) is 0 Å². The van der Waals surface area contributed by atoms with Gasteiger partial charge < -0.3 is 10.2 Å². The molecule has 2 aromatic carbocycles. The maximum Gasteiger partial charge on any atom is 0.277 e. The average Bonchev–Trinajstić information content (AvgIpc) is 3.00. The first-order valence-corrected chi connectivity index (χ1v) is 8.48. The Labute approximate surface area is 154 Å². The fraction of sp³-hybridized carbons (Fsp3) is 0.150. The fourth-order valence-electron chi connectivity index (χ4n) is 3.26. The second-order valence-corrected chi connectivity index (χ2v) is 6.40. The van der Waals surface area contributed by atoms with E-state index >= 15 is 0 Å². The molecule has 0 saturated heterocycles. The Morgan fingerprint density at radius 2 is 1.93 bits per heavy atom. The molecule has 0 fully saturated rings. The van der Waals surface area contributed by atoms with Gasteiger partial charge in [0.2, 0.25) is 0 Å². The lowest BCUT2D eigenvalue weighted by Gasteiger charge is -2.22. The Balaban J connectivity index is 1.60. The Bertz CT molecular complexity index is 1020. The largest absolute Gasteiger partial charge is 0.340 e. The van der Waals surface area contributed by atoms with Gasteiger partial charge in [-0.2, -0.15) is 0 Å². The zero-order valence-corrected chi connectivity index (χ0v) is 14.5. The summed E-state index contributed by atoms with van der Waals surface area (Å²) in [5.74, 6) is -1.81. The molecule has 1 aliphatic heterocycles. The second-order valence-electron chi connectivity index (χ2n) is 6.40. The molecule has 1 N–H and O–H groups in total. The number of carbonyl (C=O) groups is 1. The molecule has 5 nitrogen and oxygen atoms in total. The number of hydrogen-bond acceptors (Lipinski definition) is 4. The van der Waals surface area contributed by atoms with Crippen LogP contribution in [0.4, 0.5) is 26.0 Å². The third-order valence-corrected chi connectivity index (χ3v) is 4.50. The summed E-state index contributed by atoms with van der Waals surface area (Å²) in [7, 11) is 0. The summed E-state index contributed by atoms with van der Waals surface area (Å²) in [4.78, 5) is 22.9. The Kier molecular flexibility index (Phi) is 4.27. The van der Waals surface area contributed by atoms with Gasteiger partial charge in [-0.25, -0.2) is 18.7 Å². The van der Waals surface area contributed by atoms with Crippen LogP contribution in [0.5, 0.6) is 0 Å². The van der Waals surface area contributed by atoms with Crippen molar-refractivity contribution in [1.82, 2.24) is 9.97 Å². The van der Waals surface area contributed by atoms with E-state index in [1.165, 1.54) is 18.5 Å². The van der Waals surface area contributed by atoms with Gasteiger partial charge in [-0.15, -0.1) is 0 Å². The van der Waals surface area contributed by atoms with E-state index in [0.29, 0.717) is 11.5 Å². The number of amides is 1. The van der Waals surface area contributed by atoms with Gasteiger partial charge >= 0.3 is 0 Å². The minimum Gasteiger partial charge on any atom is -0.340 e. The number of fused-ring (bicyclic) bond motifs is 1. The quantitative estimate of drug-likeness (QED) is 0.759. The molecule has 1 aliphatic rings. The number of nitrogens with one attached hydrogen (secondary N) is 1. The molecular weight excluding hydrogens is 350 g/mol. The van der Waals surface area contributed by atoms with E-state index in [1.54, 1.807) is 4.90 Å². The van der Waals surface area contributed by atoms with E-state index < -0.39 is 11.6 Å². The minimum atomic E-state index is -0.965. The van der Waals surface area contributed by atoms with Crippen LogP contribution in [0, 0.1) is 11.6 Å². The van der Waals surface area contributed by atoms with Gasteiger partial charge in [0.1, 0.15) is 17.8 Å². The van der Waals surface area contributed by atoms with E-state index in [-0.39, 0.29) is 17.6 Å². The zero-order valence-electron chi connectivity index (χ0n) is 14.5. The predicted molar refractivity (Wildman–Crippen MR) is 98.1 cm³/mol. The molecule has 4 rings (SSSR count). The molecule has 1 aromatic heterocycles. The Morgan fingerprint density at radius 1 is 1.11 bits per heavy atom. The molecule has 1 unspecified atom stereocenters. The Morgan fingerprint density at radius 3 is 2.74 bits per heavy atom. The van der Waals surface area contributed by atoms with Crippen LogP contribution in [-0.4, -0.2) is 21.9 Å². The van der Waals surface area contributed by atoms with Gasteiger partial charge in [-0.1, -0.05) is 18.2 Å². The molecule has 0 aliphatic carbocycles. The van der Waals surface area contributed by atoms with Crippen molar-refractivity contribution < 1.29 is 13.6 Å². The SMILES string of the molecule is CC1Cc2ccccc2N1C(=O)c1cc(Nc2ccc(F)c(F)c2)ncn1. The molecule has 0 saturated carbocycles. The molecule has 0 spiro atoms. The summed E-state index contributed by atoms with van der Waals surface area (Å²) in [6.45, 7) is 1.99. The molecule has 136 valence electrons. The first-order valence-electron chi connectivity index (χ1n) is 8.48. The molecule has 3 aromatic rings. The van der Waals surface area contributed by atoms with Gasteiger partial charge in [-0.3, -0.25) is 4.79 Å². The van der Waals surface area contributed by atoms with Crippen LogP contribution < -0.4 is 10.2 Å². The van der Waals surface area contributed by atoms with Crippen molar-refractivity contribution in [3.05, 3.63) is 77.8 Å². The van der Waals surface area contributed by atoms with Crippen LogP contribution in [0.2, 0.25) is 0 Å². The molecule has 27 heavy (non-hydrogen) atoms. The predicted octanol–water partition coefficient (Wildman–Crippen LogP) is 4.09. The summed E-state index contributed by atoms with van der Waals surface area (Å²) in [6, 6.07) is 12.7. The van der Waals surface area contributed by atoms with Crippen LogP contribution in [0.25, 0.3) is 0 Å². The third kappa shape index (κ3) is 3.23. The van der Waals surface area contributed by atoms with Crippen molar-refractivity contribution in [3.63, 3.8) is 0 Å². The normalized spacial score (nSPS) is 15.5. The molecule has 0 radical (unpaired) electrons. The molecular formula is C20H16F2N4O. The molecule has 1 amide bonds. The van der Waals surface area contributed by atoms with Gasteiger partial charge in [-0.05, 0) is 37.1 Å². The highest BCUT2D eigenvalue weighted by Gasteiger charge is 2.32. The van der Waals surface area contributed by atoms with E-state index in [4.69, 9.17) is 0 Å². The topological polar surface area (TPSA) is 58.1 Å². The smallest absolute Gasteiger partial charge is 0.277 e. The second kappa shape index (κ2) is 6.75. The monoisotopic (exact) mass is 366 g/mol. The number of rotatable bonds is 3. The summed E-state index contributed by atoms with van der Waals surface area (Å²) >= 11 is 0. The molecule has 1 atom stereocenters. The van der Waals surface area contributed by atoms with Crippen molar-refractivity contribution in [2.24, 2.45) is 0 Å². The number of benzene rings is 2. The lowest BCUT2D eigenvalue weighted by molar-refractivity contribution is 0.0976. The average molecular weight is 366 g/mol. The number of halogens is 2. The summed E-state index contributed by atoms with van der Waals surface area (Å²) in [5, 5.41) is 2.86. The number of anilines is 3. The first kappa shape index (κ1) is 17.1. The van der Waals surface area contributed by atoms with Crippen LogP contribution in [0.1, 0.15) is 23.0 Å². The highest BCUT2D eigenvalue weighted by molar-refractivity contribution is 6.06. The van der Waals surface area contributed by atoms with Crippen molar-refractivity contribution in [2.45, 2.75) is 19.4 Å². The van der Waals surface area contributed by atoms with Crippen molar-refractivity contribution in [1.29, 1.82) is 0 Å². The van der Waals surface area contributed by atoms with Gasteiger partial charge in [0.05, 0.1) is 0 Å². The van der Waals surface area contributed by atoms with Gasteiger partial charge in [0.15, 0.2) is 11.6 Å². The van der Waals surface area contributed by atoms with Crippen molar-refractivity contribution in [3.8, 4) is 0 Å². The lowest BCUT2D eigenvalue weighted by atomic mass is 10.1. The minimum absolute atomic E-state index is 0.0208. The van der Waals surface area contributed by atoms with Crippen LogP contribution in [-0.2, 0) is 6.42 Å². The van der Waals surface area contributed by atoms with E-state index in [2.05, 4.69) is 15.3 Å². The van der Waals surface area contributed by atoms with Crippen LogP contribution in [0.15, 0.2) is 54.9 Å². The Hall–Kier alpha value is -3.35. The van der Waals surface area contributed by atoms with E-state index in [1.807, 2.05) is 31.2 Å². The first-order chi connectivity index (χ1) is 13.0. The van der Waals surface area contributed by atoms with E-state index in [9.17, 15) is 13.6 Å². The molecule has 7 heteroatoms. The number of para-hydroxylation sites is 1. The fourth-order valence-corrected chi connectivity index (χ4v) is 3.26. The summed E-state index contributed by atoms with van der Waals surface area (Å²) in [5.41, 5.74) is 2.54. The highest BCUT2D eigenvalue weighted by atomic mass is 19.2. The molecule has 2 heterocycles. The van der Waals surface area contributed by atoms with Crippen molar-refractivity contribution >= 4 is 23.1 Å². The third-order valence-electron chi connectivity index (χ3n) is 4.50. The summed E-state index contributed by atoms with van der Waals surface area (Å²) in [6.07, 6.45) is 2.05. The molecule has 0 bridgehead atoms. The van der Waals surface area contributed by atoms with Gasteiger partial charge in [0, 0.05) is 29.5 Å². The zero-order chi connectivity index (χ0) is 19.0. The lowest BCUT2D eigenvalue weighted by Crippen LogP contribution is -2.36. The maximum absolute atomic E-state index is 13.4. The number of nitrogens with zero attached hydrogens (tertiary/aromatic N) is 3. The van der Waals surface area contributed by atoms with Gasteiger partial charge in [0.25, 0.3) is 5.91 Å². The number of hydrogen-bond donors (Lipinski definition) is 1. The van der Waals surface area contributed by atoms with E-state index in [0.717, 1.165) is 29.8 Å². The highest BCUT2D eigenvalue weighted by Crippen LogP contribution is 2.33. The summed E-state index contributed by atoms with van der Waals surface area (Å²) < 4.78 is 26.4. The van der Waals surface area contributed by atoms with Crippen LogP contribution >= 0.6 is 0 Å². The number of carbonyl (C=O) groups excluding carboxylic acids is 1. The van der Waals surface area contributed by atoms with Crippen molar-refractivity contribution in [2.75, 3.05) is 10.2 Å².